The molecule has 0 spiro atoms. The molecule has 0 unspecified atom stereocenters. The van der Waals surface area contributed by atoms with Crippen LogP contribution in [-0.2, 0) is 14.8 Å². The normalized spacial score (nSPS) is 11.3. The maximum Gasteiger partial charge on any atom is 0.355 e. The zero-order valence-electron chi connectivity index (χ0n) is 8.84. The smallest absolute Gasteiger partial charge is 0.355 e. The van der Waals surface area contributed by atoms with Gasteiger partial charge in [-0.15, -0.1) is 0 Å². The average Bonchev–Trinajstić information content (AvgIpc) is 2.26. The zero-order valence-corrected chi connectivity index (χ0v) is 9.65. The molecule has 0 amide bonds. The molecule has 6 nitrogen and oxygen atoms in total. The SMILES string of the molecule is O=C(O)COc1cccc(NS(=O)(=O)C(F)F)c1. The van der Waals surface area contributed by atoms with Crippen LogP contribution in [0.3, 0.4) is 0 Å². The number of carboxylic acid groups (broad SMARTS) is 1. The maximum absolute atomic E-state index is 12.1. The summed E-state index contributed by atoms with van der Waals surface area (Å²) in [6.45, 7) is -0.620. The third kappa shape index (κ3) is 4.17. The summed E-state index contributed by atoms with van der Waals surface area (Å²) in [5.41, 5.74) is -0.141. The fourth-order valence-corrected chi connectivity index (χ4v) is 1.55. The Hall–Kier alpha value is -1.90. The van der Waals surface area contributed by atoms with Crippen molar-refractivity contribution in [2.24, 2.45) is 0 Å². The van der Waals surface area contributed by atoms with Crippen molar-refractivity contribution in [1.82, 2.24) is 0 Å². The van der Waals surface area contributed by atoms with Gasteiger partial charge in [0.15, 0.2) is 6.61 Å². The van der Waals surface area contributed by atoms with Crippen molar-refractivity contribution in [3.8, 4) is 5.75 Å². The first-order valence-electron chi connectivity index (χ1n) is 4.56. The predicted molar refractivity (Wildman–Crippen MR) is 58.1 cm³/mol. The molecule has 0 bridgehead atoms. The van der Waals surface area contributed by atoms with Gasteiger partial charge in [0.25, 0.3) is 10.0 Å². The van der Waals surface area contributed by atoms with Crippen molar-refractivity contribution in [2.75, 3.05) is 11.3 Å². The topological polar surface area (TPSA) is 92.7 Å². The van der Waals surface area contributed by atoms with E-state index in [0.717, 1.165) is 6.07 Å². The molecular weight excluding hydrogens is 272 g/mol. The molecule has 18 heavy (non-hydrogen) atoms. The van der Waals surface area contributed by atoms with Gasteiger partial charge >= 0.3 is 11.7 Å². The fraction of sp³-hybridized carbons (Fsp3) is 0.222. The fourth-order valence-electron chi connectivity index (χ4n) is 1.00. The summed E-state index contributed by atoms with van der Waals surface area (Å²) < 4.78 is 52.4. The highest BCUT2D eigenvalue weighted by molar-refractivity contribution is 7.93. The Balaban J connectivity index is 2.80. The van der Waals surface area contributed by atoms with Crippen LogP contribution in [0.2, 0.25) is 0 Å². The molecule has 100 valence electrons. The second-order valence-corrected chi connectivity index (χ2v) is 4.77. The molecule has 0 aromatic heterocycles. The number of sulfonamides is 1. The lowest BCUT2D eigenvalue weighted by molar-refractivity contribution is -0.139. The van der Waals surface area contributed by atoms with Crippen LogP contribution in [0.1, 0.15) is 0 Å². The van der Waals surface area contributed by atoms with E-state index in [4.69, 9.17) is 9.84 Å². The maximum atomic E-state index is 12.1. The van der Waals surface area contributed by atoms with Crippen molar-refractivity contribution >= 4 is 21.7 Å². The Morgan fingerprint density at radius 2 is 2.11 bits per heavy atom. The van der Waals surface area contributed by atoms with E-state index in [9.17, 15) is 22.0 Å². The number of benzene rings is 1. The van der Waals surface area contributed by atoms with Crippen LogP contribution in [0.4, 0.5) is 14.5 Å². The van der Waals surface area contributed by atoms with Gasteiger partial charge in [0.1, 0.15) is 5.75 Å². The molecule has 0 heterocycles. The molecule has 0 aliphatic carbocycles. The second-order valence-electron chi connectivity index (χ2n) is 3.12. The van der Waals surface area contributed by atoms with Gasteiger partial charge in [-0.1, -0.05) is 6.07 Å². The van der Waals surface area contributed by atoms with E-state index >= 15 is 0 Å². The Morgan fingerprint density at radius 3 is 2.67 bits per heavy atom. The van der Waals surface area contributed by atoms with Gasteiger partial charge in [-0.05, 0) is 12.1 Å². The van der Waals surface area contributed by atoms with Crippen LogP contribution in [0, 0.1) is 0 Å². The van der Waals surface area contributed by atoms with E-state index in [0.29, 0.717) is 0 Å². The van der Waals surface area contributed by atoms with Crippen molar-refractivity contribution in [2.45, 2.75) is 5.76 Å². The minimum atomic E-state index is -4.75. The summed E-state index contributed by atoms with van der Waals surface area (Å²) in [5, 5.41) is 8.37. The lowest BCUT2D eigenvalue weighted by Gasteiger charge is -2.08. The number of hydrogen-bond acceptors (Lipinski definition) is 4. The van der Waals surface area contributed by atoms with E-state index < -0.39 is 28.4 Å². The monoisotopic (exact) mass is 281 g/mol. The van der Waals surface area contributed by atoms with Crippen molar-refractivity contribution in [3.63, 3.8) is 0 Å². The number of carboxylic acids is 1. The van der Waals surface area contributed by atoms with E-state index in [1.165, 1.54) is 18.2 Å². The van der Waals surface area contributed by atoms with E-state index in [1.54, 1.807) is 4.72 Å². The number of hydrogen-bond donors (Lipinski definition) is 2. The van der Waals surface area contributed by atoms with E-state index in [1.807, 2.05) is 0 Å². The summed E-state index contributed by atoms with van der Waals surface area (Å²) in [5.74, 6) is -4.72. The molecule has 0 radical (unpaired) electrons. The lowest BCUT2D eigenvalue weighted by atomic mass is 10.3. The van der Waals surface area contributed by atoms with Gasteiger partial charge < -0.3 is 9.84 Å². The largest absolute Gasteiger partial charge is 0.482 e. The molecule has 2 N–H and O–H groups in total. The van der Waals surface area contributed by atoms with Gasteiger partial charge in [0, 0.05) is 6.07 Å². The third-order valence-corrected chi connectivity index (χ3v) is 2.68. The Kier molecular flexibility index (Phi) is 4.43. The average molecular weight is 281 g/mol. The van der Waals surface area contributed by atoms with Crippen molar-refractivity contribution in [3.05, 3.63) is 24.3 Å². The van der Waals surface area contributed by atoms with Gasteiger partial charge in [0.05, 0.1) is 5.69 Å². The Labute approximate surface area is 101 Å². The molecular formula is C9H9F2NO5S. The highest BCUT2D eigenvalue weighted by Crippen LogP contribution is 2.19. The van der Waals surface area contributed by atoms with Crippen LogP contribution in [0.15, 0.2) is 24.3 Å². The van der Waals surface area contributed by atoms with E-state index in [2.05, 4.69) is 0 Å². The van der Waals surface area contributed by atoms with Gasteiger partial charge in [-0.2, -0.15) is 8.78 Å². The van der Waals surface area contributed by atoms with E-state index in [-0.39, 0.29) is 11.4 Å². The van der Waals surface area contributed by atoms with Crippen molar-refractivity contribution in [1.29, 1.82) is 0 Å². The number of halogens is 2. The molecule has 0 saturated heterocycles. The molecule has 0 saturated carbocycles. The lowest BCUT2D eigenvalue weighted by Crippen LogP contribution is -2.20. The number of alkyl halides is 2. The van der Waals surface area contributed by atoms with Crippen LogP contribution >= 0.6 is 0 Å². The Morgan fingerprint density at radius 1 is 1.44 bits per heavy atom. The number of nitrogens with one attached hydrogen (secondary N) is 1. The Bertz CT molecular complexity index is 532. The number of aliphatic carboxylic acids is 1. The standard InChI is InChI=1S/C9H9F2NO5S/c10-9(11)18(15,16)12-6-2-1-3-7(4-6)17-5-8(13)14/h1-4,9,12H,5H2,(H,13,14). The first kappa shape index (κ1) is 14.2. The first-order valence-corrected chi connectivity index (χ1v) is 6.10. The number of carbonyl (C=O) groups is 1. The highest BCUT2D eigenvalue weighted by atomic mass is 32.2. The van der Waals surface area contributed by atoms with Gasteiger partial charge in [-0.25, -0.2) is 13.2 Å². The van der Waals surface area contributed by atoms with Crippen LogP contribution < -0.4 is 9.46 Å². The van der Waals surface area contributed by atoms with Gasteiger partial charge in [0.2, 0.25) is 0 Å². The summed E-state index contributed by atoms with van der Waals surface area (Å²) in [4.78, 5) is 10.2. The van der Waals surface area contributed by atoms with Gasteiger partial charge in [-0.3, -0.25) is 4.72 Å². The quantitative estimate of drug-likeness (QED) is 0.815. The molecule has 1 aromatic rings. The summed E-state index contributed by atoms with van der Waals surface area (Å²) in [7, 11) is -4.75. The molecule has 1 aromatic carbocycles. The third-order valence-electron chi connectivity index (χ3n) is 1.69. The number of ether oxygens (including phenoxy) is 1. The summed E-state index contributed by atoms with van der Waals surface area (Å²) >= 11 is 0. The molecule has 0 fully saturated rings. The second kappa shape index (κ2) is 5.63. The van der Waals surface area contributed by atoms with Crippen LogP contribution in [-0.4, -0.2) is 31.9 Å². The highest BCUT2D eigenvalue weighted by Gasteiger charge is 2.23. The van der Waals surface area contributed by atoms with Crippen molar-refractivity contribution < 1.29 is 31.8 Å². The number of anilines is 1. The number of rotatable bonds is 6. The van der Waals surface area contributed by atoms with Crippen LogP contribution in [0.5, 0.6) is 5.75 Å². The molecule has 9 heteroatoms. The molecule has 0 aliphatic rings. The molecule has 0 atom stereocenters. The zero-order chi connectivity index (χ0) is 13.8. The molecule has 0 aliphatic heterocycles. The molecule has 1 rings (SSSR count). The van der Waals surface area contributed by atoms with Crippen LogP contribution in [0.25, 0.3) is 0 Å². The summed E-state index contributed by atoms with van der Waals surface area (Å²) in [6, 6.07) is 5.03. The predicted octanol–water partition coefficient (Wildman–Crippen LogP) is 1.11. The summed E-state index contributed by atoms with van der Waals surface area (Å²) in [6.07, 6.45) is 0. The minimum Gasteiger partial charge on any atom is -0.482 e. The minimum absolute atomic E-state index is 0.0480. The first-order chi connectivity index (χ1) is 8.31.